The summed E-state index contributed by atoms with van der Waals surface area (Å²) in [6.07, 6.45) is -0.495. The van der Waals surface area contributed by atoms with Crippen LogP contribution >= 0.6 is 12.4 Å². The standard InChI is InChI=1S/C12H14N2O4.ClH/c1-12(2)7-18-11(15)13-10(12)8-4-3-5-9(6-8)14(16)17;/h3-6,10H,7H2,1-2H3,(H,13,15);1H/t10-;/m0./s1. The first-order valence-corrected chi connectivity index (χ1v) is 5.58. The minimum absolute atomic E-state index is 0. The molecule has 0 unspecified atom stereocenters. The van der Waals surface area contributed by atoms with Crippen molar-refractivity contribution in [1.29, 1.82) is 0 Å². The van der Waals surface area contributed by atoms with Crippen LogP contribution in [0.15, 0.2) is 24.3 Å². The minimum Gasteiger partial charge on any atom is -0.449 e. The fourth-order valence-electron chi connectivity index (χ4n) is 2.04. The van der Waals surface area contributed by atoms with E-state index in [0.29, 0.717) is 5.56 Å². The van der Waals surface area contributed by atoms with Crippen LogP contribution in [0.3, 0.4) is 0 Å². The normalized spacial score (nSPS) is 20.7. The smallest absolute Gasteiger partial charge is 0.407 e. The van der Waals surface area contributed by atoms with Crippen LogP contribution in [0.2, 0.25) is 0 Å². The van der Waals surface area contributed by atoms with Crippen molar-refractivity contribution < 1.29 is 14.5 Å². The molecule has 1 heterocycles. The minimum atomic E-state index is -0.495. The van der Waals surface area contributed by atoms with Gasteiger partial charge in [-0.2, -0.15) is 0 Å². The van der Waals surface area contributed by atoms with E-state index in [4.69, 9.17) is 4.74 Å². The third kappa shape index (κ3) is 3.14. The maximum Gasteiger partial charge on any atom is 0.407 e. The number of nitrogens with one attached hydrogen (secondary N) is 1. The summed E-state index contributed by atoms with van der Waals surface area (Å²) in [5.74, 6) is 0. The Morgan fingerprint density at radius 1 is 1.47 bits per heavy atom. The molecule has 1 amide bonds. The van der Waals surface area contributed by atoms with E-state index in [-0.39, 0.29) is 36.2 Å². The van der Waals surface area contributed by atoms with Crippen molar-refractivity contribution in [2.24, 2.45) is 5.41 Å². The van der Waals surface area contributed by atoms with Gasteiger partial charge in [-0.15, -0.1) is 12.4 Å². The van der Waals surface area contributed by atoms with Crippen molar-refractivity contribution >= 4 is 24.2 Å². The molecule has 2 rings (SSSR count). The van der Waals surface area contributed by atoms with Gasteiger partial charge in [0.2, 0.25) is 0 Å². The van der Waals surface area contributed by atoms with Crippen LogP contribution < -0.4 is 5.32 Å². The van der Waals surface area contributed by atoms with Crippen molar-refractivity contribution in [3.05, 3.63) is 39.9 Å². The number of ether oxygens (including phenoxy) is 1. The lowest BCUT2D eigenvalue weighted by Gasteiger charge is -2.38. The third-order valence-electron chi connectivity index (χ3n) is 3.03. The van der Waals surface area contributed by atoms with Gasteiger partial charge in [0.05, 0.1) is 11.0 Å². The molecular formula is C12H15ClN2O4. The Morgan fingerprint density at radius 3 is 2.79 bits per heavy atom. The second-order valence-electron chi connectivity index (χ2n) is 4.99. The molecular weight excluding hydrogens is 272 g/mol. The van der Waals surface area contributed by atoms with Crippen LogP contribution in [-0.2, 0) is 4.74 Å². The van der Waals surface area contributed by atoms with Crippen LogP contribution in [0.25, 0.3) is 0 Å². The average Bonchev–Trinajstić information content (AvgIpc) is 2.32. The number of non-ortho nitro benzene ring substituents is 1. The highest BCUT2D eigenvalue weighted by Gasteiger charge is 2.38. The summed E-state index contributed by atoms with van der Waals surface area (Å²) in [7, 11) is 0. The summed E-state index contributed by atoms with van der Waals surface area (Å²) in [5.41, 5.74) is 0.415. The van der Waals surface area contributed by atoms with Gasteiger partial charge in [-0.3, -0.25) is 10.1 Å². The Labute approximate surface area is 116 Å². The highest BCUT2D eigenvalue weighted by atomic mass is 35.5. The van der Waals surface area contributed by atoms with Crippen molar-refractivity contribution in [1.82, 2.24) is 5.32 Å². The third-order valence-corrected chi connectivity index (χ3v) is 3.03. The number of rotatable bonds is 2. The number of nitro groups is 1. The van der Waals surface area contributed by atoms with Crippen LogP contribution in [0.1, 0.15) is 25.5 Å². The number of amides is 1. The summed E-state index contributed by atoms with van der Waals surface area (Å²) in [6.45, 7) is 4.16. The van der Waals surface area contributed by atoms with Gasteiger partial charge >= 0.3 is 6.09 Å². The zero-order chi connectivity index (χ0) is 13.3. The monoisotopic (exact) mass is 286 g/mol. The van der Waals surface area contributed by atoms with Crippen LogP contribution in [-0.4, -0.2) is 17.6 Å². The van der Waals surface area contributed by atoms with Crippen LogP contribution in [0.4, 0.5) is 10.5 Å². The quantitative estimate of drug-likeness (QED) is 0.669. The van der Waals surface area contributed by atoms with Crippen molar-refractivity contribution in [3.63, 3.8) is 0 Å². The van der Waals surface area contributed by atoms with E-state index in [1.165, 1.54) is 12.1 Å². The number of hydrogen-bond donors (Lipinski definition) is 1. The van der Waals surface area contributed by atoms with Gasteiger partial charge in [0, 0.05) is 17.5 Å². The van der Waals surface area contributed by atoms with Gasteiger partial charge in [-0.25, -0.2) is 4.79 Å². The molecule has 0 bridgehead atoms. The van der Waals surface area contributed by atoms with E-state index in [2.05, 4.69) is 5.32 Å². The summed E-state index contributed by atoms with van der Waals surface area (Å²) < 4.78 is 4.94. The molecule has 0 saturated carbocycles. The molecule has 0 spiro atoms. The molecule has 0 radical (unpaired) electrons. The molecule has 6 nitrogen and oxygen atoms in total. The maximum absolute atomic E-state index is 11.3. The Hall–Kier alpha value is -1.82. The topological polar surface area (TPSA) is 81.5 Å². The van der Waals surface area contributed by atoms with E-state index in [1.807, 2.05) is 13.8 Å². The molecule has 0 aliphatic carbocycles. The number of carbonyl (C=O) groups is 1. The van der Waals surface area contributed by atoms with Gasteiger partial charge in [0.15, 0.2) is 0 Å². The van der Waals surface area contributed by atoms with Crippen LogP contribution in [0, 0.1) is 15.5 Å². The molecule has 1 aromatic carbocycles. The number of nitro benzene ring substituents is 1. The SMILES string of the molecule is CC1(C)COC(=O)N[C@H]1c1cccc([N+](=O)[O-])c1.Cl. The van der Waals surface area contributed by atoms with Gasteiger partial charge in [-0.1, -0.05) is 26.0 Å². The summed E-state index contributed by atoms with van der Waals surface area (Å²) in [6, 6.07) is 6.00. The number of cyclic esters (lactones) is 1. The highest BCUT2D eigenvalue weighted by Crippen LogP contribution is 2.37. The fraction of sp³-hybridized carbons (Fsp3) is 0.417. The number of halogens is 1. The average molecular weight is 287 g/mol. The summed E-state index contributed by atoms with van der Waals surface area (Å²) >= 11 is 0. The summed E-state index contributed by atoms with van der Waals surface area (Å²) in [5, 5.41) is 13.5. The van der Waals surface area contributed by atoms with E-state index < -0.39 is 11.0 Å². The Kier molecular flexibility index (Phi) is 4.36. The van der Waals surface area contributed by atoms with E-state index in [1.54, 1.807) is 12.1 Å². The zero-order valence-corrected chi connectivity index (χ0v) is 11.4. The molecule has 1 saturated heterocycles. The number of nitrogens with zero attached hydrogens (tertiary/aromatic N) is 1. The molecule has 1 aromatic rings. The molecule has 0 aromatic heterocycles. The van der Waals surface area contributed by atoms with E-state index in [0.717, 1.165) is 0 Å². The Morgan fingerprint density at radius 2 is 2.16 bits per heavy atom. The molecule has 1 fully saturated rings. The lowest BCUT2D eigenvalue weighted by Crippen LogP contribution is -2.46. The van der Waals surface area contributed by atoms with Crippen LogP contribution in [0.5, 0.6) is 0 Å². The number of hydrogen-bond acceptors (Lipinski definition) is 4. The van der Waals surface area contributed by atoms with Gasteiger partial charge in [-0.05, 0) is 5.56 Å². The zero-order valence-electron chi connectivity index (χ0n) is 10.6. The van der Waals surface area contributed by atoms with Gasteiger partial charge in [0.25, 0.3) is 5.69 Å². The van der Waals surface area contributed by atoms with E-state index in [9.17, 15) is 14.9 Å². The lowest BCUT2D eigenvalue weighted by atomic mass is 9.80. The molecule has 1 aliphatic heterocycles. The number of alkyl carbamates (subject to hydrolysis) is 1. The molecule has 19 heavy (non-hydrogen) atoms. The first-order chi connectivity index (χ1) is 8.40. The van der Waals surface area contributed by atoms with Gasteiger partial charge in [0.1, 0.15) is 6.61 Å². The van der Waals surface area contributed by atoms with Crippen molar-refractivity contribution in [3.8, 4) is 0 Å². The predicted octanol–water partition coefficient (Wildman–Crippen LogP) is 2.82. The summed E-state index contributed by atoms with van der Waals surface area (Å²) in [4.78, 5) is 21.6. The Bertz CT molecular complexity index is 504. The first-order valence-electron chi connectivity index (χ1n) is 5.58. The molecule has 1 atom stereocenters. The number of benzene rings is 1. The second-order valence-corrected chi connectivity index (χ2v) is 4.99. The molecule has 1 N–H and O–H groups in total. The fourth-order valence-corrected chi connectivity index (χ4v) is 2.04. The van der Waals surface area contributed by atoms with Crippen molar-refractivity contribution in [2.45, 2.75) is 19.9 Å². The molecule has 7 heteroatoms. The van der Waals surface area contributed by atoms with Crippen molar-refractivity contribution in [2.75, 3.05) is 6.61 Å². The van der Waals surface area contributed by atoms with Gasteiger partial charge < -0.3 is 10.1 Å². The molecule has 1 aliphatic rings. The second kappa shape index (κ2) is 5.44. The highest BCUT2D eigenvalue weighted by molar-refractivity contribution is 5.85. The largest absolute Gasteiger partial charge is 0.449 e. The Balaban J connectivity index is 0.00000180. The predicted molar refractivity (Wildman–Crippen MR) is 71.4 cm³/mol. The first kappa shape index (κ1) is 15.2. The molecule has 104 valence electrons. The van der Waals surface area contributed by atoms with E-state index >= 15 is 0 Å². The maximum atomic E-state index is 11.3. The lowest BCUT2D eigenvalue weighted by molar-refractivity contribution is -0.385. The number of carbonyl (C=O) groups excluding carboxylic acids is 1.